The highest BCUT2D eigenvalue weighted by Crippen LogP contribution is 2.39. The first kappa shape index (κ1) is 23.9. The van der Waals surface area contributed by atoms with Crippen LogP contribution in [0.25, 0.3) is 0 Å². The lowest BCUT2D eigenvalue weighted by Crippen LogP contribution is -2.50. The number of benzene rings is 1. The van der Waals surface area contributed by atoms with Crippen LogP contribution in [0.1, 0.15) is 94.4 Å². The van der Waals surface area contributed by atoms with Crippen LogP contribution in [0.15, 0.2) is 30.5 Å². The van der Waals surface area contributed by atoms with Gasteiger partial charge in [-0.3, -0.25) is 14.4 Å². The molecule has 2 aliphatic heterocycles. The van der Waals surface area contributed by atoms with Crippen molar-refractivity contribution >= 4 is 29.1 Å². The Bertz CT molecular complexity index is 1220. The molecule has 2 saturated carbocycles. The van der Waals surface area contributed by atoms with Crippen molar-refractivity contribution in [3.8, 4) is 0 Å². The lowest BCUT2D eigenvalue weighted by molar-refractivity contribution is 0.0923. The molecule has 4 N–H and O–H groups in total. The number of carbonyl (C=O) groups excluding carboxylic acids is 3. The Morgan fingerprint density at radius 3 is 2.24 bits per heavy atom. The molecule has 1 aromatic carbocycles. The third kappa shape index (κ3) is 4.69. The van der Waals surface area contributed by atoms with Crippen molar-refractivity contribution < 1.29 is 14.4 Å². The van der Waals surface area contributed by atoms with Crippen molar-refractivity contribution in [3.05, 3.63) is 52.7 Å². The summed E-state index contributed by atoms with van der Waals surface area (Å²) in [5.74, 6) is 0.746. The van der Waals surface area contributed by atoms with Gasteiger partial charge in [-0.25, -0.2) is 4.98 Å². The van der Waals surface area contributed by atoms with Crippen LogP contribution in [0.4, 0.5) is 11.5 Å². The molecule has 3 heterocycles. The van der Waals surface area contributed by atoms with Crippen molar-refractivity contribution in [2.45, 2.75) is 88.9 Å². The van der Waals surface area contributed by atoms with Crippen LogP contribution in [-0.4, -0.2) is 46.7 Å². The molecule has 8 nitrogen and oxygen atoms in total. The number of rotatable bonds is 8. The molecule has 0 radical (unpaired) electrons. The average molecular weight is 502 g/mol. The Hall–Kier alpha value is -3.42. The van der Waals surface area contributed by atoms with E-state index in [-0.39, 0.29) is 23.7 Å². The lowest BCUT2D eigenvalue weighted by Gasteiger charge is -2.40. The number of hydrogen-bond acceptors (Lipinski definition) is 6. The summed E-state index contributed by atoms with van der Waals surface area (Å²) in [6.07, 6.45) is 10.9. The zero-order chi connectivity index (χ0) is 25.7. The van der Waals surface area contributed by atoms with Crippen LogP contribution < -0.4 is 21.3 Å². The maximum atomic E-state index is 13.4. The molecule has 6 rings (SSSR count). The van der Waals surface area contributed by atoms with Crippen molar-refractivity contribution in [3.63, 3.8) is 0 Å². The quantitative estimate of drug-likeness (QED) is 0.471. The van der Waals surface area contributed by atoms with Gasteiger partial charge in [-0.15, -0.1) is 0 Å². The molecule has 2 amide bonds. The molecule has 4 fully saturated rings. The van der Waals surface area contributed by atoms with Crippen molar-refractivity contribution in [2.75, 3.05) is 10.2 Å². The van der Waals surface area contributed by atoms with Crippen LogP contribution in [0.3, 0.4) is 0 Å². The molecule has 37 heavy (non-hydrogen) atoms. The van der Waals surface area contributed by atoms with E-state index in [4.69, 9.17) is 5.73 Å². The number of fused-ring (bicyclic) bond motifs is 2. The highest BCUT2D eigenvalue weighted by molar-refractivity contribution is 6.03. The second-order valence-corrected chi connectivity index (χ2v) is 11.3. The van der Waals surface area contributed by atoms with E-state index < -0.39 is 5.91 Å². The molecule has 8 heteroatoms. The zero-order valence-electron chi connectivity index (χ0n) is 21.3. The number of carbonyl (C=O) groups is 3. The number of anilines is 2. The summed E-state index contributed by atoms with van der Waals surface area (Å²) in [5, 5.41) is 6.68. The number of pyridine rings is 1. The number of amides is 2. The van der Waals surface area contributed by atoms with Crippen LogP contribution in [0, 0.1) is 12.8 Å². The summed E-state index contributed by atoms with van der Waals surface area (Å²) in [7, 11) is 0. The van der Waals surface area contributed by atoms with Gasteiger partial charge < -0.3 is 21.3 Å². The highest BCUT2D eigenvalue weighted by atomic mass is 16.2. The number of nitrogens with zero attached hydrogens (tertiary/aromatic N) is 2. The second kappa shape index (κ2) is 9.47. The first-order chi connectivity index (χ1) is 17.9. The topological polar surface area (TPSA) is 117 Å². The number of ketones is 1. The van der Waals surface area contributed by atoms with Gasteiger partial charge in [0.2, 0.25) is 0 Å². The van der Waals surface area contributed by atoms with Crippen LogP contribution >= 0.6 is 0 Å². The van der Waals surface area contributed by atoms with E-state index in [0.717, 1.165) is 62.7 Å². The van der Waals surface area contributed by atoms with Crippen LogP contribution in [0.2, 0.25) is 0 Å². The summed E-state index contributed by atoms with van der Waals surface area (Å²) in [4.78, 5) is 44.8. The molecule has 2 aliphatic carbocycles. The first-order valence-corrected chi connectivity index (χ1v) is 13.7. The Kier molecular flexibility index (Phi) is 6.13. The molecule has 2 saturated heterocycles. The number of piperidine rings is 1. The van der Waals surface area contributed by atoms with Gasteiger partial charge in [0.15, 0.2) is 5.78 Å². The Morgan fingerprint density at radius 2 is 1.68 bits per heavy atom. The van der Waals surface area contributed by atoms with Gasteiger partial charge in [0.1, 0.15) is 5.82 Å². The molecular formula is C29H35N5O3. The third-order valence-electron chi connectivity index (χ3n) is 8.65. The molecule has 4 aliphatic rings. The summed E-state index contributed by atoms with van der Waals surface area (Å²) >= 11 is 0. The van der Waals surface area contributed by atoms with E-state index >= 15 is 0 Å². The minimum atomic E-state index is -0.487. The smallest absolute Gasteiger partial charge is 0.251 e. The Balaban J connectivity index is 1.14. The number of nitrogens with one attached hydrogen (secondary N) is 2. The van der Waals surface area contributed by atoms with Gasteiger partial charge in [0.05, 0.1) is 5.56 Å². The summed E-state index contributed by atoms with van der Waals surface area (Å²) < 4.78 is 0. The van der Waals surface area contributed by atoms with Crippen LogP contribution in [0.5, 0.6) is 0 Å². The number of hydrogen-bond donors (Lipinski definition) is 3. The number of aromatic nitrogens is 1. The Morgan fingerprint density at radius 1 is 0.946 bits per heavy atom. The SMILES string of the molecule is Cc1cc(C(N)=O)c(NC2CCC2)cc1C(=O)NC1C[C@H]2CC[C@@H](C1)N2c1ccc(C(=O)C2CC2)cn1. The van der Waals surface area contributed by atoms with Gasteiger partial charge in [-0.05, 0) is 94.5 Å². The van der Waals surface area contributed by atoms with Crippen molar-refractivity contribution in [2.24, 2.45) is 11.7 Å². The molecule has 2 bridgehead atoms. The normalized spacial score (nSPS) is 24.9. The second-order valence-electron chi connectivity index (χ2n) is 11.3. The summed E-state index contributed by atoms with van der Waals surface area (Å²) in [6, 6.07) is 8.46. The monoisotopic (exact) mass is 501 g/mol. The molecule has 2 aromatic rings. The van der Waals surface area contributed by atoms with Crippen molar-refractivity contribution in [1.82, 2.24) is 10.3 Å². The zero-order valence-corrected chi connectivity index (χ0v) is 21.3. The lowest BCUT2D eigenvalue weighted by atomic mass is 9.92. The molecule has 194 valence electrons. The van der Waals surface area contributed by atoms with Gasteiger partial charge in [-0.2, -0.15) is 0 Å². The van der Waals surface area contributed by atoms with Crippen molar-refractivity contribution in [1.29, 1.82) is 0 Å². The maximum Gasteiger partial charge on any atom is 0.251 e. The summed E-state index contributed by atoms with van der Waals surface area (Å²) in [6.45, 7) is 1.85. The third-order valence-corrected chi connectivity index (χ3v) is 8.65. The fraction of sp³-hybridized carbons (Fsp3) is 0.517. The molecule has 3 atom stereocenters. The number of aryl methyl sites for hydroxylation is 1. The largest absolute Gasteiger partial charge is 0.382 e. The average Bonchev–Trinajstić information content (AvgIpc) is 3.66. The van der Waals surface area contributed by atoms with E-state index in [1.165, 1.54) is 6.42 Å². The first-order valence-electron chi connectivity index (χ1n) is 13.7. The van der Waals surface area contributed by atoms with Gasteiger partial charge in [0, 0.05) is 53.1 Å². The Labute approximate surface area is 217 Å². The van der Waals surface area contributed by atoms with E-state index in [0.29, 0.717) is 40.5 Å². The highest BCUT2D eigenvalue weighted by Gasteiger charge is 2.42. The molecule has 1 unspecified atom stereocenters. The predicted octanol–water partition coefficient (Wildman–Crippen LogP) is 3.98. The molecule has 1 aromatic heterocycles. The van der Waals surface area contributed by atoms with Gasteiger partial charge >= 0.3 is 0 Å². The number of nitrogens with two attached hydrogens (primary N) is 1. The number of primary amides is 1. The standard InChI is InChI=1S/C29H35N5O3/c1-16-11-24(28(30)36)25(32-19-3-2-4-19)14-23(16)29(37)33-20-12-21-8-9-22(13-20)34(21)26-10-7-18(15-31-26)27(35)17-5-6-17/h7,10-11,14-15,17,19-22,32H,2-6,8-9,12-13H2,1H3,(H2,30,36)(H,33,37)/t20?,21-,22+. The van der Waals surface area contributed by atoms with E-state index in [9.17, 15) is 14.4 Å². The summed E-state index contributed by atoms with van der Waals surface area (Å²) in [5.41, 5.74) is 8.75. The fourth-order valence-electron chi connectivity index (χ4n) is 6.25. The van der Waals surface area contributed by atoms with Gasteiger partial charge in [0.25, 0.3) is 11.8 Å². The minimum Gasteiger partial charge on any atom is -0.382 e. The fourth-order valence-corrected chi connectivity index (χ4v) is 6.25. The predicted molar refractivity (Wildman–Crippen MR) is 142 cm³/mol. The minimum absolute atomic E-state index is 0.0789. The van der Waals surface area contributed by atoms with Crippen LogP contribution in [-0.2, 0) is 0 Å². The molecular weight excluding hydrogens is 466 g/mol. The number of Topliss-reactive ketones (excluding diaryl/α,β-unsaturated/α-hetero) is 1. The van der Waals surface area contributed by atoms with Gasteiger partial charge in [-0.1, -0.05) is 0 Å². The van der Waals surface area contributed by atoms with E-state index in [1.807, 2.05) is 19.1 Å². The van der Waals surface area contributed by atoms with E-state index in [2.05, 4.69) is 20.5 Å². The van der Waals surface area contributed by atoms with E-state index in [1.54, 1.807) is 18.3 Å². The maximum absolute atomic E-state index is 13.4. The molecule has 0 spiro atoms.